The molecule has 0 aromatic heterocycles. The molecule has 0 aliphatic carbocycles. The molecule has 0 spiro atoms. The van der Waals surface area contributed by atoms with Gasteiger partial charge in [-0.1, -0.05) is 0 Å². The van der Waals surface area contributed by atoms with Crippen molar-refractivity contribution in [1.29, 1.82) is 0 Å². The average Bonchev–Trinajstić information content (AvgIpc) is 1.54. The van der Waals surface area contributed by atoms with Gasteiger partial charge in [0.15, 0.2) is 0 Å². The third kappa shape index (κ3) is 507. The third-order valence-corrected chi connectivity index (χ3v) is 0. The Labute approximate surface area is 108 Å². The van der Waals surface area contributed by atoms with Gasteiger partial charge in [0.1, 0.15) is 0 Å². The van der Waals surface area contributed by atoms with E-state index >= 15 is 0 Å². The smallest absolute Gasteiger partial charge is 6.00 e. The van der Waals surface area contributed by atoms with Gasteiger partial charge < -0.3 is 0 Å². The predicted octanol–water partition coefficient (Wildman–Crippen LogP) is -7.50. The zero-order valence-corrected chi connectivity index (χ0v) is 13.2. The SMILES string of the molecule is [O]=[Ti]([O-])[O-].[O]=[Ti]([O-])[O-].[O]=[Ti]([O-])[O-].[W+6]. The molecule has 13 heteroatoms. The predicted molar refractivity (Wildman–Crippen MR) is 2.06 cm³/mol. The summed E-state index contributed by atoms with van der Waals surface area (Å²) in [6, 6.07) is 0. The molecule has 0 aliphatic heterocycles. The van der Waals surface area contributed by atoms with E-state index in [1.807, 2.05) is 0 Å². The summed E-state index contributed by atoms with van der Waals surface area (Å²) in [6.45, 7) is 0. The Kier molecular flexibility index (Phi) is 36.5. The second kappa shape index (κ2) is 19.5. The summed E-state index contributed by atoms with van der Waals surface area (Å²) < 4.78 is 77.2. The molecule has 0 unspecified atom stereocenters. The van der Waals surface area contributed by atoms with Gasteiger partial charge in [-0.3, -0.25) is 0 Å². The minimum atomic E-state index is -4.08. The molecule has 0 saturated carbocycles. The zero-order chi connectivity index (χ0) is 10.7. The summed E-state index contributed by atoms with van der Waals surface area (Å²) in [6.07, 6.45) is 0. The zero-order valence-electron chi connectivity index (χ0n) is 5.58. The van der Waals surface area contributed by atoms with Crippen LogP contribution in [0.3, 0.4) is 0 Å². The minimum absolute atomic E-state index is 0. The maximum atomic E-state index is 8.58. The molecule has 72 valence electrons. The first-order valence-electron chi connectivity index (χ1n) is 1.84. The van der Waals surface area contributed by atoms with E-state index in [2.05, 4.69) is 0 Å². The molecule has 0 rings (SSSR count). The first-order valence-corrected chi connectivity index (χ1v) is 7.57. The second-order valence-electron chi connectivity index (χ2n) is 0.750. The quantitative estimate of drug-likeness (QED) is 0.309. The molecule has 0 atom stereocenters. The fraction of sp³-hybridized carbons (Fsp3) is 0. The average molecular weight is 471 g/mol. The van der Waals surface area contributed by atoms with E-state index in [0.29, 0.717) is 0 Å². The summed E-state index contributed by atoms with van der Waals surface area (Å²) in [5.41, 5.74) is 0. The Balaban J connectivity index is -0.0000000450. The molecule has 9 nitrogen and oxygen atoms in total. The van der Waals surface area contributed by atoms with E-state index < -0.39 is 55.8 Å². The Hall–Kier alpha value is 1.99. The first-order chi connectivity index (χ1) is 5.20. The normalized spacial score (nSPS) is 6.00. The third-order valence-electron chi connectivity index (χ3n) is 0. The van der Waals surface area contributed by atoms with Gasteiger partial charge in [-0.2, -0.15) is 0 Å². The number of hydrogen-bond donors (Lipinski definition) is 0. The van der Waals surface area contributed by atoms with Crippen molar-refractivity contribution >= 4 is 0 Å². The van der Waals surface area contributed by atoms with Crippen molar-refractivity contribution in [3.8, 4) is 0 Å². The van der Waals surface area contributed by atoms with Gasteiger partial charge in [0, 0.05) is 0 Å². The number of rotatable bonds is 0. The largest absolute Gasteiger partial charge is 6.00 e. The van der Waals surface area contributed by atoms with Gasteiger partial charge >= 0.3 is 109 Å². The van der Waals surface area contributed by atoms with Gasteiger partial charge in [0.2, 0.25) is 0 Å². The Morgan fingerprint density at radius 1 is 0.538 bits per heavy atom. The molecule has 0 heterocycles. The van der Waals surface area contributed by atoms with Crippen LogP contribution in [0.1, 0.15) is 0 Å². The maximum absolute atomic E-state index is 8.58. The standard InChI is InChI=1S/9O.3Ti.W/q;;;6*-1;;;;+6. The molecular formula is O9Ti3W. The topological polar surface area (TPSA) is 190 Å². The van der Waals surface area contributed by atoms with Gasteiger partial charge in [-0.25, -0.2) is 0 Å². The van der Waals surface area contributed by atoms with Crippen molar-refractivity contribution in [1.82, 2.24) is 0 Å². The van der Waals surface area contributed by atoms with Crippen LogP contribution in [-0.2, 0) is 86.9 Å². The summed E-state index contributed by atoms with van der Waals surface area (Å²) in [7, 11) is 0. The van der Waals surface area contributed by atoms with Crippen molar-refractivity contribution in [3.05, 3.63) is 0 Å². The monoisotopic (exact) mass is 472 g/mol. The van der Waals surface area contributed by atoms with Crippen LogP contribution in [0.5, 0.6) is 0 Å². The van der Waals surface area contributed by atoms with Crippen LogP contribution in [0.4, 0.5) is 0 Å². The van der Waals surface area contributed by atoms with Crippen LogP contribution >= 0.6 is 0 Å². The summed E-state index contributed by atoms with van der Waals surface area (Å²) >= 11 is -12.2. The van der Waals surface area contributed by atoms with Gasteiger partial charge in [-0.05, 0) is 0 Å². The van der Waals surface area contributed by atoms with Crippen molar-refractivity contribution in [2.24, 2.45) is 0 Å². The molecule has 0 radical (unpaired) electrons. The summed E-state index contributed by atoms with van der Waals surface area (Å²) in [4.78, 5) is 0. The molecular weight excluding hydrogens is 471 g/mol. The molecule has 0 N–H and O–H groups in total. The van der Waals surface area contributed by atoms with Crippen LogP contribution in [-0.4, -0.2) is 0 Å². The van der Waals surface area contributed by atoms with E-state index in [-0.39, 0.29) is 21.1 Å². The van der Waals surface area contributed by atoms with Gasteiger partial charge in [0.05, 0.1) is 0 Å². The van der Waals surface area contributed by atoms with Gasteiger partial charge in [0.25, 0.3) is 0 Å². The second-order valence-corrected chi connectivity index (χ2v) is 3.09. The molecule has 0 fully saturated rings. The van der Waals surface area contributed by atoms with Crippen molar-refractivity contribution in [2.75, 3.05) is 0 Å². The molecule has 0 aromatic carbocycles. The summed E-state index contributed by atoms with van der Waals surface area (Å²) in [5, 5.41) is 0. The molecule has 0 bridgehead atoms. The first kappa shape index (κ1) is 24.3. The van der Waals surface area contributed by atoms with Crippen molar-refractivity contribution in [3.63, 3.8) is 0 Å². The molecule has 0 saturated heterocycles. The fourth-order valence-corrected chi connectivity index (χ4v) is 0. The van der Waals surface area contributed by atoms with Crippen molar-refractivity contribution < 1.29 is 109 Å². The van der Waals surface area contributed by atoms with E-state index in [9.17, 15) is 0 Å². The van der Waals surface area contributed by atoms with Crippen LogP contribution < -0.4 is 22.1 Å². The summed E-state index contributed by atoms with van der Waals surface area (Å²) in [5.74, 6) is 0. The molecule has 0 amide bonds. The Bertz CT molecular complexity index is 112. The van der Waals surface area contributed by atoms with Gasteiger partial charge in [-0.15, -0.1) is 0 Å². The fourth-order valence-electron chi connectivity index (χ4n) is 0. The minimum Gasteiger partial charge on any atom is 6.00 e. The molecule has 13 heavy (non-hydrogen) atoms. The van der Waals surface area contributed by atoms with E-state index in [1.54, 1.807) is 0 Å². The van der Waals surface area contributed by atoms with Crippen LogP contribution in [0.2, 0.25) is 0 Å². The van der Waals surface area contributed by atoms with Crippen LogP contribution in [0, 0.1) is 0 Å². The number of hydrogen-bond acceptors (Lipinski definition) is 9. The van der Waals surface area contributed by atoms with E-state index in [0.717, 1.165) is 0 Å². The Morgan fingerprint density at radius 2 is 0.538 bits per heavy atom. The van der Waals surface area contributed by atoms with E-state index in [1.165, 1.54) is 0 Å². The van der Waals surface area contributed by atoms with Crippen LogP contribution in [0.25, 0.3) is 0 Å². The maximum Gasteiger partial charge on any atom is 6.00 e. The van der Waals surface area contributed by atoms with Crippen molar-refractivity contribution in [2.45, 2.75) is 0 Å². The molecule has 0 aromatic rings. The van der Waals surface area contributed by atoms with E-state index in [4.69, 9.17) is 32.1 Å². The van der Waals surface area contributed by atoms with Crippen LogP contribution in [0.15, 0.2) is 0 Å². The Morgan fingerprint density at radius 3 is 0.538 bits per heavy atom. The molecule has 0 aliphatic rings.